The molecule has 1 aromatic heterocycles. The lowest BCUT2D eigenvalue weighted by Crippen LogP contribution is -2.46. The molecule has 1 aromatic carbocycles. The first-order chi connectivity index (χ1) is 21.4. The van der Waals surface area contributed by atoms with Crippen LogP contribution in [0.4, 0.5) is 32.2 Å². The fourth-order valence-corrected chi connectivity index (χ4v) is 3.49. The molecule has 12 N–H and O–H groups in total. The number of alkyl halides is 1. The van der Waals surface area contributed by atoms with Crippen LogP contribution >= 0.6 is 0 Å². The maximum absolute atomic E-state index is 13.0. The number of pyridine rings is 1. The first-order valence-electron chi connectivity index (χ1n) is 14.4. The molecule has 2 heterocycles. The summed E-state index contributed by atoms with van der Waals surface area (Å²) < 4.78 is 17.9. The van der Waals surface area contributed by atoms with Crippen LogP contribution in [0, 0.1) is 0 Å². The van der Waals surface area contributed by atoms with Gasteiger partial charge in [0.05, 0.1) is 23.9 Å². The number of nitrogens with one attached hydrogen (secondary N) is 3. The number of hydrogen-bond donors (Lipinski definition) is 8. The van der Waals surface area contributed by atoms with Crippen molar-refractivity contribution < 1.29 is 19.0 Å². The Morgan fingerprint density at radius 3 is 2.33 bits per heavy atom. The number of rotatable bonds is 13. The lowest BCUT2D eigenvalue weighted by atomic mass is 9.94. The van der Waals surface area contributed by atoms with Crippen LogP contribution in [-0.4, -0.2) is 92.7 Å². The first kappa shape index (κ1) is 41.1. The van der Waals surface area contributed by atoms with Gasteiger partial charge in [-0.1, -0.05) is 26.5 Å². The van der Waals surface area contributed by atoms with Crippen LogP contribution in [-0.2, 0) is 4.74 Å². The smallest absolute Gasteiger partial charge is 0.415 e. The molecule has 2 atom stereocenters. The Morgan fingerprint density at radius 1 is 1.22 bits per heavy atom. The van der Waals surface area contributed by atoms with E-state index >= 15 is 0 Å². The molecule has 1 amide bonds. The van der Waals surface area contributed by atoms with E-state index in [1.54, 1.807) is 37.1 Å². The predicted molar refractivity (Wildman–Crippen MR) is 181 cm³/mol. The van der Waals surface area contributed by atoms with Crippen LogP contribution in [0.5, 0.6) is 0 Å². The number of cyclic esters (lactones) is 1. The van der Waals surface area contributed by atoms with E-state index in [1.165, 1.54) is 4.90 Å². The van der Waals surface area contributed by atoms with Gasteiger partial charge in [0, 0.05) is 31.4 Å². The third-order valence-corrected chi connectivity index (χ3v) is 6.14. The van der Waals surface area contributed by atoms with Crippen molar-refractivity contribution in [3.8, 4) is 0 Å². The number of nitrogens with zero attached hydrogens (tertiary/aromatic N) is 5. The number of carbonyl (C=O) groups is 1. The van der Waals surface area contributed by atoms with Gasteiger partial charge in [-0.15, -0.1) is 0 Å². The monoisotopic (exact) mass is 636 g/mol. The van der Waals surface area contributed by atoms with E-state index in [9.17, 15) is 14.3 Å². The topological polar surface area (TPSA) is 222 Å². The highest BCUT2D eigenvalue weighted by Crippen LogP contribution is 2.24. The first-order valence-corrected chi connectivity index (χ1v) is 14.4. The molecule has 0 saturated carbocycles. The number of halogens is 1. The van der Waals surface area contributed by atoms with Crippen LogP contribution in [0.1, 0.15) is 27.7 Å². The minimum Gasteiger partial charge on any atom is -0.447 e. The van der Waals surface area contributed by atoms with Gasteiger partial charge in [0.1, 0.15) is 18.3 Å². The third kappa shape index (κ3) is 13.7. The van der Waals surface area contributed by atoms with Gasteiger partial charge in [0.15, 0.2) is 12.6 Å². The summed E-state index contributed by atoms with van der Waals surface area (Å²) in [5.74, 6) is 8.81. The molecule has 15 nitrogen and oxygen atoms in total. The van der Waals surface area contributed by atoms with E-state index in [2.05, 4.69) is 44.6 Å². The maximum atomic E-state index is 13.0. The van der Waals surface area contributed by atoms with E-state index in [0.717, 1.165) is 17.9 Å². The fourth-order valence-electron chi connectivity index (χ4n) is 3.49. The zero-order chi connectivity index (χ0) is 34.6. The van der Waals surface area contributed by atoms with Crippen LogP contribution in [0.3, 0.4) is 0 Å². The Labute approximate surface area is 266 Å². The van der Waals surface area contributed by atoms with Crippen molar-refractivity contribution in [1.29, 1.82) is 0 Å². The van der Waals surface area contributed by atoms with Crippen molar-refractivity contribution in [2.24, 2.45) is 28.1 Å². The van der Waals surface area contributed by atoms with Crippen LogP contribution in [0.2, 0.25) is 0 Å². The molecular weight excluding hydrogens is 583 g/mol. The number of amides is 1. The van der Waals surface area contributed by atoms with Gasteiger partial charge in [-0.25, -0.2) is 24.6 Å². The zero-order valence-electron chi connectivity index (χ0n) is 27.5. The van der Waals surface area contributed by atoms with Crippen molar-refractivity contribution in [2.45, 2.75) is 39.3 Å². The van der Waals surface area contributed by atoms with Gasteiger partial charge in [-0.3, -0.25) is 16.6 Å². The molecule has 1 aliphatic rings. The zero-order valence-corrected chi connectivity index (χ0v) is 27.5. The number of aliphatic hydroxyl groups is 1. The van der Waals surface area contributed by atoms with Crippen molar-refractivity contribution in [3.05, 3.63) is 54.6 Å². The number of carbonyl (C=O) groups excluding carboxylic acids is 1. The number of ether oxygens (including phenoxy) is 1. The molecule has 0 spiro atoms. The number of hydrazine groups is 3. The summed E-state index contributed by atoms with van der Waals surface area (Å²) in [6.07, 6.45) is -0.446. The molecular formula is C29H53FN12O3. The number of likely N-dealkylation sites (N-methyl/N-ethyl adjacent to an activating group) is 1. The number of nitrogens with two attached hydrogens (primary N) is 4. The number of benzene rings is 1. The number of hydrogen-bond acceptors (Lipinski definition) is 13. The number of aliphatic imine (C=N–C) groups is 1. The Hall–Kier alpha value is -3.90. The summed E-state index contributed by atoms with van der Waals surface area (Å²) in [7, 11) is 5.73. The lowest BCUT2D eigenvalue weighted by molar-refractivity contribution is 0.179. The summed E-state index contributed by atoms with van der Waals surface area (Å²) in [5.41, 5.74) is 21.3. The molecule has 45 heavy (non-hydrogen) atoms. The number of aromatic nitrogens is 1. The third-order valence-electron chi connectivity index (χ3n) is 6.14. The molecule has 1 aliphatic heterocycles. The van der Waals surface area contributed by atoms with Crippen molar-refractivity contribution >= 4 is 34.9 Å². The number of aliphatic hydroxyl groups excluding tert-OH is 1. The highest BCUT2D eigenvalue weighted by molar-refractivity contribution is 5.99. The summed E-state index contributed by atoms with van der Waals surface area (Å²) in [6, 6.07) is 12.5. The molecule has 2 aromatic rings. The number of anilines is 3. The Balaban J connectivity index is 0.000000794. The fraction of sp³-hybridized carbons (Fsp3) is 0.483. The van der Waals surface area contributed by atoms with E-state index < -0.39 is 18.4 Å². The largest absolute Gasteiger partial charge is 0.447 e. The Morgan fingerprint density at radius 2 is 1.84 bits per heavy atom. The maximum Gasteiger partial charge on any atom is 0.415 e. The summed E-state index contributed by atoms with van der Waals surface area (Å²) in [4.78, 5) is 25.4. The van der Waals surface area contributed by atoms with Crippen molar-refractivity contribution in [2.75, 3.05) is 69.5 Å². The van der Waals surface area contributed by atoms with Crippen LogP contribution in [0.25, 0.3) is 0 Å². The molecule has 16 heteroatoms. The Kier molecular flexibility index (Phi) is 19.9. The highest BCUT2D eigenvalue weighted by Gasteiger charge is 2.32. The molecule has 0 aliphatic carbocycles. The number of amidine groups is 1. The van der Waals surface area contributed by atoms with Gasteiger partial charge in [-0.2, -0.15) is 5.53 Å². The average Bonchev–Trinajstić information content (AvgIpc) is 3.39. The van der Waals surface area contributed by atoms with E-state index in [-0.39, 0.29) is 18.5 Å². The highest BCUT2D eigenvalue weighted by atomic mass is 19.1. The predicted octanol–water partition coefficient (Wildman–Crippen LogP) is 1.56. The molecule has 0 bridgehead atoms. The van der Waals surface area contributed by atoms with E-state index in [4.69, 9.17) is 16.2 Å². The average molecular weight is 637 g/mol. The molecule has 254 valence electrons. The van der Waals surface area contributed by atoms with E-state index in [0.29, 0.717) is 30.4 Å². The molecule has 1 saturated heterocycles. The lowest BCUT2D eigenvalue weighted by Gasteiger charge is -2.24. The van der Waals surface area contributed by atoms with Gasteiger partial charge in [0.25, 0.3) is 0 Å². The summed E-state index contributed by atoms with van der Waals surface area (Å²) in [6.45, 7) is 12.2. The minimum atomic E-state index is -1.07. The van der Waals surface area contributed by atoms with Crippen LogP contribution in [0.15, 0.2) is 59.6 Å². The quantitative estimate of drug-likeness (QED) is 0.0515. The molecule has 0 unspecified atom stereocenters. The molecule has 0 radical (unpaired) electrons. The second-order valence-electron chi connectivity index (χ2n) is 9.93. The molecule has 3 rings (SSSR count). The van der Waals surface area contributed by atoms with Gasteiger partial charge in [0.2, 0.25) is 0 Å². The van der Waals surface area contributed by atoms with Gasteiger partial charge >= 0.3 is 6.09 Å². The standard InChI is InChI=1S/C15H21N5O3.C12H22FN5.C2H6.H4N2/c1-9-7-23-14(22)20(9)12-6-4-5-11(18-12)19-13(16)10(2)15(3,17)8-21;1-14-16-15-11-4-6-12(7-5-11)18(10-13)9-8-17(2)3;2*1-2/h4-6,9,21H,2,7-8,17H2,1,3H3,(H2,16,18,19);4-7,14-16H,8-10H2,1-3H3;1-2H3;1-2H2/t9-,15-;;;/m0.../s1. The normalized spacial score (nSPS) is 15.3. The Bertz CT molecular complexity index is 1170. The summed E-state index contributed by atoms with van der Waals surface area (Å²) in [5, 5.41) is 9.26. The summed E-state index contributed by atoms with van der Waals surface area (Å²) >= 11 is 0. The van der Waals surface area contributed by atoms with Gasteiger partial charge in [-0.05, 0) is 64.3 Å². The minimum absolute atomic E-state index is 0.0748. The molecule has 1 fully saturated rings. The van der Waals surface area contributed by atoms with E-state index in [1.807, 2.05) is 64.0 Å². The second kappa shape index (κ2) is 21.7. The second-order valence-corrected chi connectivity index (χ2v) is 9.93. The SMILES string of the molecule is C=C(C(N)=Nc1cccc(N2C(=O)OC[C@@H]2C)n1)[C@@](C)(N)CO.CC.CNNNc1ccc(N(CF)CCN(C)C)cc1.NN. The van der Waals surface area contributed by atoms with Crippen LogP contribution < -0.4 is 49.3 Å². The van der Waals surface area contributed by atoms with Crippen molar-refractivity contribution in [1.82, 2.24) is 20.8 Å². The van der Waals surface area contributed by atoms with Gasteiger partial charge < -0.3 is 36.5 Å². The van der Waals surface area contributed by atoms with Crippen molar-refractivity contribution in [3.63, 3.8) is 0 Å².